The van der Waals surface area contributed by atoms with Gasteiger partial charge >= 0.3 is 0 Å². The van der Waals surface area contributed by atoms with Crippen LogP contribution in [0.2, 0.25) is 0 Å². The normalized spacial score (nSPS) is 13.4. The molecule has 0 aromatic heterocycles. The van der Waals surface area contributed by atoms with Crippen LogP contribution in [0.4, 0.5) is 0 Å². The molecule has 3 rings (SSSR count). The van der Waals surface area contributed by atoms with Crippen LogP contribution in [-0.4, -0.2) is 42.5 Å². The Labute approximate surface area is 184 Å². The van der Waals surface area contributed by atoms with Gasteiger partial charge < -0.3 is 19.7 Å². The van der Waals surface area contributed by atoms with Gasteiger partial charge in [0.2, 0.25) is 11.8 Å². The van der Waals surface area contributed by atoms with E-state index in [4.69, 9.17) is 9.47 Å². The minimum Gasteiger partial charge on any atom is -0.486 e. The van der Waals surface area contributed by atoms with Gasteiger partial charge in [-0.3, -0.25) is 9.59 Å². The van der Waals surface area contributed by atoms with E-state index in [0.717, 1.165) is 28.2 Å². The van der Waals surface area contributed by atoms with Crippen molar-refractivity contribution in [2.45, 2.75) is 52.6 Å². The van der Waals surface area contributed by atoms with E-state index in [2.05, 4.69) is 5.32 Å². The predicted octanol–water partition coefficient (Wildman–Crippen LogP) is 3.64. The Bertz CT molecular complexity index is 895. The van der Waals surface area contributed by atoms with Gasteiger partial charge in [-0.1, -0.05) is 42.8 Å². The molecule has 1 atom stereocenters. The van der Waals surface area contributed by atoms with Gasteiger partial charge in [-0.25, -0.2) is 0 Å². The van der Waals surface area contributed by atoms with Gasteiger partial charge in [-0.05, 0) is 49.9 Å². The first kappa shape index (κ1) is 22.7. The summed E-state index contributed by atoms with van der Waals surface area (Å²) < 4.78 is 11.2. The molecule has 31 heavy (non-hydrogen) atoms. The van der Waals surface area contributed by atoms with E-state index in [1.54, 1.807) is 4.90 Å². The number of aryl methyl sites for hydroxylation is 2. The number of likely N-dealkylation sites (N-methyl/N-ethyl adjacent to an activating group) is 1. The molecule has 1 aliphatic rings. The second-order valence-corrected chi connectivity index (χ2v) is 7.80. The molecule has 0 bridgehead atoms. The summed E-state index contributed by atoms with van der Waals surface area (Å²) in [5.41, 5.74) is 3.19. The lowest BCUT2D eigenvalue weighted by Gasteiger charge is -2.30. The first-order valence-corrected chi connectivity index (χ1v) is 11.0. The summed E-state index contributed by atoms with van der Waals surface area (Å²) in [7, 11) is 0. The van der Waals surface area contributed by atoms with Crippen molar-refractivity contribution >= 4 is 11.8 Å². The molecule has 0 spiro atoms. The summed E-state index contributed by atoms with van der Waals surface area (Å²) >= 11 is 0. The van der Waals surface area contributed by atoms with Crippen LogP contribution in [0, 0.1) is 6.92 Å². The van der Waals surface area contributed by atoms with Gasteiger partial charge in [0.25, 0.3) is 0 Å². The van der Waals surface area contributed by atoms with Crippen molar-refractivity contribution < 1.29 is 19.1 Å². The molecule has 2 aromatic rings. The first-order valence-electron chi connectivity index (χ1n) is 11.0. The minimum atomic E-state index is -0.492. The molecule has 1 aliphatic heterocycles. The quantitative estimate of drug-likeness (QED) is 0.667. The van der Waals surface area contributed by atoms with Crippen LogP contribution < -0.4 is 14.8 Å². The van der Waals surface area contributed by atoms with Crippen molar-refractivity contribution in [1.82, 2.24) is 10.2 Å². The van der Waals surface area contributed by atoms with Crippen molar-refractivity contribution in [3.8, 4) is 11.5 Å². The molecule has 0 saturated heterocycles. The maximum absolute atomic E-state index is 13.3. The number of nitrogens with zero attached hydrogens (tertiary/aromatic N) is 1. The second-order valence-electron chi connectivity index (χ2n) is 7.80. The molecule has 1 heterocycles. The molecule has 1 N–H and O–H groups in total. The van der Waals surface area contributed by atoms with Crippen LogP contribution in [0.25, 0.3) is 0 Å². The Morgan fingerprint density at radius 1 is 1.00 bits per heavy atom. The van der Waals surface area contributed by atoms with Gasteiger partial charge in [-0.2, -0.15) is 0 Å². The number of amides is 2. The third kappa shape index (κ3) is 6.00. The topological polar surface area (TPSA) is 67.9 Å². The van der Waals surface area contributed by atoms with E-state index < -0.39 is 6.04 Å². The van der Waals surface area contributed by atoms with E-state index in [9.17, 15) is 9.59 Å². The molecule has 0 saturated carbocycles. The zero-order chi connectivity index (χ0) is 22.2. The molecule has 0 aliphatic carbocycles. The third-order valence-corrected chi connectivity index (χ3v) is 5.44. The summed E-state index contributed by atoms with van der Waals surface area (Å²) in [6.07, 6.45) is 1.46. The van der Waals surface area contributed by atoms with E-state index in [1.807, 2.05) is 63.2 Å². The van der Waals surface area contributed by atoms with Gasteiger partial charge in [0.15, 0.2) is 11.5 Å². The van der Waals surface area contributed by atoms with Crippen molar-refractivity contribution in [3.63, 3.8) is 0 Å². The Morgan fingerprint density at radius 2 is 1.68 bits per heavy atom. The summed E-state index contributed by atoms with van der Waals surface area (Å²) in [6.45, 7) is 7.90. The Balaban J connectivity index is 1.74. The van der Waals surface area contributed by atoms with E-state index >= 15 is 0 Å². The molecule has 166 valence electrons. The fourth-order valence-electron chi connectivity index (χ4n) is 3.74. The smallest absolute Gasteiger partial charge is 0.242 e. The highest BCUT2D eigenvalue weighted by Crippen LogP contribution is 2.31. The number of hydrogen-bond donors (Lipinski definition) is 1. The summed E-state index contributed by atoms with van der Waals surface area (Å²) in [5, 5.41) is 2.87. The average Bonchev–Trinajstić information content (AvgIpc) is 2.78. The first-order chi connectivity index (χ1) is 15.0. The molecular formula is C25H32N2O4. The lowest BCUT2D eigenvalue weighted by Crippen LogP contribution is -2.49. The minimum absolute atomic E-state index is 0.0337. The number of carbonyl (C=O) groups is 2. The SMILES string of the molecule is CCNC(=O)C(CC)N(Cc1ccc(C)cc1)C(=O)CCc1ccc2c(c1)OCCO2. The van der Waals surface area contributed by atoms with E-state index in [1.165, 1.54) is 0 Å². The highest BCUT2D eigenvalue weighted by atomic mass is 16.6. The number of carbonyl (C=O) groups excluding carboxylic acids is 2. The van der Waals surface area contributed by atoms with Crippen LogP contribution in [0.1, 0.15) is 43.4 Å². The second kappa shape index (κ2) is 10.8. The Morgan fingerprint density at radius 3 is 2.35 bits per heavy atom. The molecule has 1 unspecified atom stereocenters. The lowest BCUT2D eigenvalue weighted by molar-refractivity contribution is -0.141. The van der Waals surface area contributed by atoms with Crippen molar-refractivity contribution in [1.29, 1.82) is 0 Å². The highest BCUT2D eigenvalue weighted by Gasteiger charge is 2.28. The molecule has 6 heteroatoms. The number of ether oxygens (including phenoxy) is 2. The molecule has 6 nitrogen and oxygen atoms in total. The fraction of sp³-hybridized carbons (Fsp3) is 0.440. The maximum atomic E-state index is 13.3. The number of rotatable bonds is 9. The van der Waals surface area contributed by atoms with Gasteiger partial charge in [-0.15, -0.1) is 0 Å². The van der Waals surface area contributed by atoms with Crippen LogP contribution in [0.15, 0.2) is 42.5 Å². The van der Waals surface area contributed by atoms with Crippen LogP contribution >= 0.6 is 0 Å². The van der Waals surface area contributed by atoms with E-state index in [-0.39, 0.29) is 11.8 Å². The van der Waals surface area contributed by atoms with Crippen LogP contribution in [-0.2, 0) is 22.6 Å². The maximum Gasteiger partial charge on any atom is 0.242 e. The summed E-state index contributed by atoms with van der Waals surface area (Å²) in [6, 6.07) is 13.4. The molecule has 2 aromatic carbocycles. The largest absolute Gasteiger partial charge is 0.486 e. The van der Waals surface area contributed by atoms with Gasteiger partial charge in [0.05, 0.1) is 0 Å². The molecule has 0 radical (unpaired) electrons. The zero-order valence-electron chi connectivity index (χ0n) is 18.6. The highest BCUT2D eigenvalue weighted by molar-refractivity contribution is 5.87. The standard InChI is InChI=1S/C25H32N2O4/c1-4-21(25(29)26-5-2)27(17-20-8-6-18(3)7-9-20)24(28)13-11-19-10-12-22-23(16-19)31-15-14-30-22/h6-10,12,16,21H,4-5,11,13-15,17H2,1-3H3,(H,26,29). The van der Waals surface area contributed by atoms with Crippen molar-refractivity contribution in [2.24, 2.45) is 0 Å². The lowest BCUT2D eigenvalue weighted by atomic mass is 10.0. The van der Waals surface area contributed by atoms with Crippen molar-refractivity contribution in [3.05, 3.63) is 59.2 Å². The molecular weight excluding hydrogens is 392 g/mol. The third-order valence-electron chi connectivity index (χ3n) is 5.44. The number of hydrogen-bond acceptors (Lipinski definition) is 4. The number of nitrogens with one attached hydrogen (secondary N) is 1. The monoisotopic (exact) mass is 424 g/mol. The predicted molar refractivity (Wildman–Crippen MR) is 120 cm³/mol. The van der Waals surface area contributed by atoms with Gasteiger partial charge in [0, 0.05) is 19.5 Å². The van der Waals surface area contributed by atoms with Gasteiger partial charge in [0.1, 0.15) is 19.3 Å². The summed E-state index contributed by atoms with van der Waals surface area (Å²) in [5.74, 6) is 1.32. The number of benzene rings is 2. The zero-order valence-corrected chi connectivity index (χ0v) is 18.6. The fourth-order valence-corrected chi connectivity index (χ4v) is 3.74. The van der Waals surface area contributed by atoms with Crippen molar-refractivity contribution in [2.75, 3.05) is 19.8 Å². The summed E-state index contributed by atoms with van der Waals surface area (Å²) in [4.78, 5) is 27.7. The molecule has 0 fully saturated rings. The average molecular weight is 425 g/mol. The van der Waals surface area contributed by atoms with Crippen LogP contribution in [0.3, 0.4) is 0 Å². The number of fused-ring (bicyclic) bond motifs is 1. The van der Waals surface area contributed by atoms with Crippen LogP contribution in [0.5, 0.6) is 11.5 Å². The Hall–Kier alpha value is -3.02. The Kier molecular flexibility index (Phi) is 7.93. The molecule has 2 amide bonds. The van der Waals surface area contributed by atoms with E-state index in [0.29, 0.717) is 45.6 Å².